The van der Waals surface area contributed by atoms with Crippen molar-refractivity contribution in [1.29, 1.82) is 0 Å². The lowest BCUT2D eigenvalue weighted by Crippen LogP contribution is -2.26. The normalized spacial score (nSPS) is 15.1. The molecule has 1 aliphatic heterocycles. The van der Waals surface area contributed by atoms with Crippen LogP contribution in [0.25, 0.3) is 0 Å². The first-order valence-electron chi connectivity index (χ1n) is 3.43. The van der Waals surface area contributed by atoms with E-state index in [9.17, 15) is 8.78 Å². The number of nitrogen functional groups attached to an aromatic ring is 2. The number of halogens is 4. The molecule has 0 aromatic heterocycles. The average molecular weight is 261 g/mol. The lowest BCUT2D eigenvalue weighted by Gasteiger charge is -2.05. The molecule has 4 N–H and O–H groups in total. The van der Waals surface area contributed by atoms with Gasteiger partial charge in [0.25, 0.3) is 0 Å². The van der Waals surface area contributed by atoms with Gasteiger partial charge in [-0.25, -0.2) is 0 Å². The first-order valence-corrected chi connectivity index (χ1v) is 3.43. The minimum Gasteiger partial charge on any atom is -0.397 e. The zero-order valence-corrected chi connectivity index (χ0v) is 8.83. The molecule has 0 aliphatic carbocycles. The Morgan fingerprint density at radius 2 is 1.67 bits per heavy atom. The summed E-state index contributed by atoms with van der Waals surface area (Å²) in [6, 6.07) is 2.65. The molecule has 0 atom stereocenters. The maximum Gasteiger partial charge on any atom is 0.586 e. The van der Waals surface area contributed by atoms with Crippen LogP contribution >= 0.6 is 24.8 Å². The summed E-state index contributed by atoms with van der Waals surface area (Å²) < 4.78 is 33.3. The Hall–Kier alpha value is -1.14. The molecule has 2 rings (SSSR count). The Bertz CT molecular complexity index is 376. The van der Waals surface area contributed by atoms with E-state index in [1.54, 1.807) is 0 Å². The SMILES string of the molecule is Cl.Cl.Nc1ccc2c(c1N)OC(F)(F)O2. The highest BCUT2D eigenvalue weighted by Gasteiger charge is 2.44. The van der Waals surface area contributed by atoms with Gasteiger partial charge in [0, 0.05) is 0 Å². The van der Waals surface area contributed by atoms with Crippen molar-refractivity contribution >= 4 is 36.2 Å². The van der Waals surface area contributed by atoms with Gasteiger partial charge >= 0.3 is 6.29 Å². The van der Waals surface area contributed by atoms with Gasteiger partial charge in [0.15, 0.2) is 11.5 Å². The van der Waals surface area contributed by atoms with Gasteiger partial charge in [-0.2, -0.15) is 0 Å². The van der Waals surface area contributed by atoms with Crippen molar-refractivity contribution in [3.63, 3.8) is 0 Å². The van der Waals surface area contributed by atoms with E-state index in [0.717, 1.165) is 0 Å². The Morgan fingerprint density at radius 1 is 1.07 bits per heavy atom. The highest BCUT2D eigenvalue weighted by atomic mass is 35.5. The largest absolute Gasteiger partial charge is 0.586 e. The van der Waals surface area contributed by atoms with E-state index < -0.39 is 6.29 Å². The van der Waals surface area contributed by atoms with Crippen LogP contribution in [0.4, 0.5) is 20.2 Å². The molecule has 0 amide bonds. The summed E-state index contributed by atoms with van der Waals surface area (Å²) in [6.45, 7) is 0. The molecule has 86 valence electrons. The van der Waals surface area contributed by atoms with Gasteiger partial charge < -0.3 is 20.9 Å². The van der Waals surface area contributed by atoms with E-state index in [4.69, 9.17) is 11.5 Å². The molecule has 1 aromatic rings. The van der Waals surface area contributed by atoms with Crippen molar-refractivity contribution < 1.29 is 18.3 Å². The maximum atomic E-state index is 12.5. The Morgan fingerprint density at radius 3 is 2.27 bits per heavy atom. The van der Waals surface area contributed by atoms with Crippen LogP contribution in [-0.4, -0.2) is 6.29 Å². The van der Waals surface area contributed by atoms with E-state index in [2.05, 4.69) is 9.47 Å². The second-order valence-electron chi connectivity index (χ2n) is 2.56. The van der Waals surface area contributed by atoms with Crippen LogP contribution in [0, 0.1) is 0 Å². The zero-order valence-electron chi connectivity index (χ0n) is 7.20. The van der Waals surface area contributed by atoms with Crippen LogP contribution in [0.3, 0.4) is 0 Å². The zero-order chi connectivity index (χ0) is 9.64. The number of hydrogen-bond acceptors (Lipinski definition) is 4. The topological polar surface area (TPSA) is 70.5 Å². The molecule has 1 aromatic carbocycles. The van der Waals surface area contributed by atoms with Gasteiger partial charge in [-0.1, -0.05) is 0 Å². The summed E-state index contributed by atoms with van der Waals surface area (Å²) in [7, 11) is 0. The first-order chi connectivity index (χ1) is 5.99. The fourth-order valence-electron chi connectivity index (χ4n) is 1.05. The molecule has 0 saturated heterocycles. The van der Waals surface area contributed by atoms with Crippen LogP contribution in [0.1, 0.15) is 0 Å². The van der Waals surface area contributed by atoms with Crippen molar-refractivity contribution in [1.82, 2.24) is 0 Å². The van der Waals surface area contributed by atoms with Crippen molar-refractivity contribution in [2.45, 2.75) is 6.29 Å². The summed E-state index contributed by atoms with van der Waals surface area (Å²) in [6.07, 6.45) is -3.65. The lowest BCUT2D eigenvalue weighted by atomic mass is 10.2. The third kappa shape index (κ3) is 2.27. The smallest absolute Gasteiger partial charge is 0.397 e. The van der Waals surface area contributed by atoms with Gasteiger partial charge in [0.2, 0.25) is 0 Å². The Balaban J connectivity index is 0.000000980. The second-order valence-corrected chi connectivity index (χ2v) is 2.56. The average Bonchev–Trinajstić information content (AvgIpc) is 2.34. The van der Waals surface area contributed by atoms with Gasteiger partial charge in [-0.15, -0.1) is 33.6 Å². The predicted octanol–water partition coefficient (Wildman–Crippen LogP) is 2.02. The molecule has 0 spiro atoms. The standard InChI is InChI=1S/C7H6F2N2O2.2ClH/c8-7(9)12-4-2-1-3(10)5(11)6(4)13-7;;/h1-2H,10-11H2;2*1H. The summed E-state index contributed by atoms with van der Waals surface area (Å²) in [5, 5.41) is 0. The first kappa shape index (κ1) is 13.9. The molecule has 0 unspecified atom stereocenters. The van der Waals surface area contributed by atoms with Crippen molar-refractivity contribution in [2.24, 2.45) is 0 Å². The Kier molecular flexibility index (Phi) is 3.84. The van der Waals surface area contributed by atoms with Gasteiger partial charge in [0.1, 0.15) is 5.69 Å². The summed E-state index contributed by atoms with van der Waals surface area (Å²) >= 11 is 0. The minimum atomic E-state index is -3.65. The quantitative estimate of drug-likeness (QED) is 0.701. The molecule has 0 bridgehead atoms. The number of ether oxygens (including phenoxy) is 2. The van der Waals surface area contributed by atoms with Crippen molar-refractivity contribution in [2.75, 3.05) is 11.5 Å². The van der Waals surface area contributed by atoms with E-state index in [1.165, 1.54) is 12.1 Å². The highest BCUT2D eigenvalue weighted by Crippen LogP contribution is 2.46. The van der Waals surface area contributed by atoms with Gasteiger partial charge in [0.05, 0.1) is 5.69 Å². The molecule has 0 radical (unpaired) electrons. The third-order valence-electron chi connectivity index (χ3n) is 1.64. The summed E-state index contributed by atoms with van der Waals surface area (Å²) in [4.78, 5) is 0. The van der Waals surface area contributed by atoms with E-state index in [1.807, 2.05) is 0 Å². The van der Waals surface area contributed by atoms with Crippen LogP contribution in [0.5, 0.6) is 11.5 Å². The number of benzene rings is 1. The molecule has 8 heteroatoms. The maximum absolute atomic E-state index is 12.5. The molecule has 0 fully saturated rings. The second kappa shape index (κ2) is 4.16. The van der Waals surface area contributed by atoms with Crippen LogP contribution in [-0.2, 0) is 0 Å². The summed E-state index contributed by atoms with van der Waals surface area (Å²) in [5.74, 6) is -0.304. The molecule has 0 saturated carbocycles. The number of anilines is 2. The van der Waals surface area contributed by atoms with Crippen LogP contribution in [0.15, 0.2) is 12.1 Å². The highest BCUT2D eigenvalue weighted by molar-refractivity contribution is 5.85. The van der Waals surface area contributed by atoms with Crippen molar-refractivity contribution in [3.8, 4) is 11.5 Å². The van der Waals surface area contributed by atoms with Gasteiger partial charge in [-0.05, 0) is 12.1 Å². The van der Waals surface area contributed by atoms with E-state index in [-0.39, 0.29) is 47.7 Å². The van der Waals surface area contributed by atoms with Crippen LogP contribution < -0.4 is 20.9 Å². The van der Waals surface area contributed by atoms with E-state index in [0.29, 0.717) is 0 Å². The fourth-order valence-corrected chi connectivity index (χ4v) is 1.05. The number of rotatable bonds is 0. The molecule has 1 aliphatic rings. The number of fused-ring (bicyclic) bond motifs is 1. The molecule has 4 nitrogen and oxygen atoms in total. The van der Waals surface area contributed by atoms with E-state index >= 15 is 0 Å². The minimum absolute atomic E-state index is 0. The lowest BCUT2D eigenvalue weighted by molar-refractivity contribution is -0.286. The molecule has 15 heavy (non-hydrogen) atoms. The fraction of sp³-hybridized carbons (Fsp3) is 0.143. The summed E-state index contributed by atoms with van der Waals surface area (Å²) in [5.41, 5.74) is 10.9. The van der Waals surface area contributed by atoms with Crippen molar-refractivity contribution in [3.05, 3.63) is 12.1 Å². The third-order valence-corrected chi connectivity index (χ3v) is 1.64. The van der Waals surface area contributed by atoms with Gasteiger partial charge in [-0.3, -0.25) is 0 Å². The molecular weight excluding hydrogens is 253 g/mol. The monoisotopic (exact) mass is 260 g/mol. The number of alkyl halides is 2. The number of hydrogen-bond donors (Lipinski definition) is 2. The molecule has 1 heterocycles. The molecular formula is C7H8Cl2F2N2O2. The predicted molar refractivity (Wildman–Crippen MR) is 56.0 cm³/mol. The number of nitrogens with two attached hydrogens (primary N) is 2. The van der Waals surface area contributed by atoms with Crippen LogP contribution in [0.2, 0.25) is 0 Å². The Labute approximate surface area is 96.3 Å².